The molecule has 1 atom stereocenters. The predicted molar refractivity (Wildman–Crippen MR) is 195 cm³/mol. The number of amides is 3. The number of aromatic carboxylic acids is 1. The standard InChI is InChI=1S/C39H34N4O5S/c1-43(2)32-21-19-26(20-22-32)23-34(42-36(44)28-13-7-4-8-14-28)37(45)40-31-17-10-18-33(25-31)49-35(27-11-5-3-6-12-27)38(46)41-30-16-9-15-29(24-30)39(47)48/h3-25,35H,1-2H3,(H,40,45)(H,41,46)(H,42,44)(H,47,48)/b34-23+. The van der Waals surface area contributed by atoms with Crippen LogP contribution in [-0.2, 0) is 9.59 Å². The second-order valence-corrected chi connectivity index (χ2v) is 12.3. The molecule has 5 rings (SSSR count). The van der Waals surface area contributed by atoms with Crippen LogP contribution in [-0.4, -0.2) is 42.9 Å². The molecule has 0 fully saturated rings. The van der Waals surface area contributed by atoms with Gasteiger partial charge in [-0.25, -0.2) is 4.79 Å². The van der Waals surface area contributed by atoms with Gasteiger partial charge in [0.1, 0.15) is 10.9 Å². The molecule has 49 heavy (non-hydrogen) atoms. The number of carbonyl (C=O) groups is 4. The molecular weight excluding hydrogens is 637 g/mol. The molecule has 0 bridgehead atoms. The lowest BCUT2D eigenvalue weighted by Crippen LogP contribution is -2.30. The van der Waals surface area contributed by atoms with E-state index < -0.39 is 23.0 Å². The van der Waals surface area contributed by atoms with Crippen LogP contribution >= 0.6 is 11.8 Å². The van der Waals surface area contributed by atoms with E-state index >= 15 is 0 Å². The first-order valence-electron chi connectivity index (χ1n) is 15.3. The van der Waals surface area contributed by atoms with Crippen molar-refractivity contribution in [3.8, 4) is 0 Å². The Hall–Kier alpha value is -6.13. The summed E-state index contributed by atoms with van der Waals surface area (Å²) in [5.41, 5.74) is 3.78. The number of hydrogen-bond acceptors (Lipinski definition) is 6. The molecule has 5 aromatic carbocycles. The van der Waals surface area contributed by atoms with E-state index in [0.29, 0.717) is 21.8 Å². The quantitative estimate of drug-likeness (QED) is 0.0809. The zero-order valence-electron chi connectivity index (χ0n) is 26.8. The van der Waals surface area contributed by atoms with Gasteiger partial charge >= 0.3 is 5.97 Å². The second-order valence-electron chi connectivity index (χ2n) is 11.1. The van der Waals surface area contributed by atoms with Crippen molar-refractivity contribution in [2.24, 2.45) is 0 Å². The molecule has 0 heterocycles. The van der Waals surface area contributed by atoms with Gasteiger partial charge < -0.3 is 26.0 Å². The number of hydrogen-bond donors (Lipinski definition) is 4. The number of carboxylic acid groups (broad SMARTS) is 1. The Morgan fingerprint density at radius 3 is 1.96 bits per heavy atom. The van der Waals surface area contributed by atoms with Crippen LogP contribution in [0.3, 0.4) is 0 Å². The van der Waals surface area contributed by atoms with Gasteiger partial charge in [0.25, 0.3) is 11.8 Å². The van der Waals surface area contributed by atoms with Gasteiger partial charge in [0.15, 0.2) is 0 Å². The minimum absolute atomic E-state index is 0.0506. The van der Waals surface area contributed by atoms with E-state index in [1.165, 1.54) is 23.9 Å². The number of thioether (sulfide) groups is 1. The second kappa shape index (κ2) is 16.1. The van der Waals surface area contributed by atoms with Crippen molar-refractivity contribution in [1.82, 2.24) is 5.32 Å². The summed E-state index contributed by atoms with van der Waals surface area (Å²) < 4.78 is 0. The van der Waals surface area contributed by atoms with E-state index in [4.69, 9.17) is 0 Å². The largest absolute Gasteiger partial charge is 0.478 e. The summed E-state index contributed by atoms with van der Waals surface area (Å²) in [6, 6.07) is 38.5. The van der Waals surface area contributed by atoms with Gasteiger partial charge in [-0.1, -0.05) is 72.8 Å². The fourth-order valence-corrected chi connectivity index (χ4v) is 5.88. The lowest BCUT2D eigenvalue weighted by molar-refractivity contribution is -0.116. The average molecular weight is 671 g/mol. The highest BCUT2D eigenvalue weighted by atomic mass is 32.2. The summed E-state index contributed by atoms with van der Waals surface area (Å²) in [6.07, 6.45) is 1.61. The zero-order valence-corrected chi connectivity index (χ0v) is 27.6. The number of benzene rings is 5. The predicted octanol–water partition coefficient (Wildman–Crippen LogP) is 7.33. The van der Waals surface area contributed by atoms with E-state index in [-0.39, 0.29) is 17.2 Å². The van der Waals surface area contributed by atoms with Crippen molar-refractivity contribution in [1.29, 1.82) is 0 Å². The maximum Gasteiger partial charge on any atom is 0.335 e. The van der Waals surface area contributed by atoms with Crippen molar-refractivity contribution in [2.75, 3.05) is 29.6 Å². The van der Waals surface area contributed by atoms with Crippen molar-refractivity contribution in [3.05, 3.63) is 161 Å². The smallest absolute Gasteiger partial charge is 0.335 e. The number of carbonyl (C=O) groups excluding carboxylic acids is 3. The molecule has 10 heteroatoms. The van der Waals surface area contributed by atoms with Gasteiger partial charge in [0, 0.05) is 41.6 Å². The third-order valence-corrected chi connectivity index (χ3v) is 8.56. The van der Waals surface area contributed by atoms with Crippen LogP contribution in [0.2, 0.25) is 0 Å². The molecule has 1 unspecified atom stereocenters. The molecule has 0 aliphatic carbocycles. The monoisotopic (exact) mass is 670 g/mol. The minimum Gasteiger partial charge on any atom is -0.478 e. The third kappa shape index (κ3) is 9.46. The SMILES string of the molecule is CN(C)c1ccc(/C=C(/NC(=O)c2ccccc2)C(=O)Nc2cccc(SC(C(=O)Nc3cccc(C(=O)O)c3)c3ccccc3)c2)cc1. The van der Waals surface area contributed by atoms with E-state index in [9.17, 15) is 24.3 Å². The number of carboxylic acids is 1. The van der Waals surface area contributed by atoms with Crippen molar-refractivity contribution in [3.63, 3.8) is 0 Å². The Morgan fingerprint density at radius 2 is 1.31 bits per heavy atom. The molecule has 5 aromatic rings. The normalized spacial score (nSPS) is 11.6. The highest BCUT2D eigenvalue weighted by Gasteiger charge is 2.23. The maximum absolute atomic E-state index is 13.7. The molecule has 246 valence electrons. The number of anilines is 3. The summed E-state index contributed by atoms with van der Waals surface area (Å²) >= 11 is 1.28. The van der Waals surface area contributed by atoms with Crippen molar-refractivity contribution in [2.45, 2.75) is 10.1 Å². The van der Waals surface area contributed by atoms with Crippen LogP contribution in [0.1, 0.15) is 37.1 Å². The number of nitrogens with zero attached hydrogens (tertiary/aromatic N) is 1. The van der Waals surface area contributed by atoms with Crippen LogP contribution in [0.15, 0.2) is 144 Å². The van der Waals surface area contributed by atoms with Gasteiger partial charge in [-0.2, -0.15) is 0 Å². The van der Waals surface area contributed by atoms with Crippen LogP contribution in [0.4, 0.5) is 17.1 Å². The van der Waals surface area contributed by atoms with Gasteiger partial charge in [-0.15, -0.1) is 11.8 Å². The van der Waals surface area contributed by atoms with Gasteiger partial charge in [0.05, 0.1) is 5.56 Å². The fraction of sp³-hybridized carbons (Fsp3) is 0.0769. The molecule has 0 aliphatic heterocycles. The maximum atomic E-state index is 13.7. The Balaban J connectivity index is 1.38. The minimum atomic E-state index is -1.09. The number of nitrogens with one attached hydrogen (secondary N) is 3. The molecule has 0 saturated heterocycles. The van der Waals surface area contributed by atoms with Crippen LogP contribution < -0.4 is 20.9 Å². The van der Waals surface area contributed by atoms with Gasteiger partial charge in [0.2, 0.25) is 5.91 Å². The van der Waals surface area contributed by atoms with Crippen molar-refractivity contribution < 1.29 is 24.3 Å². The molecule has 9 nitrogen and oxygen atoms in total. The molecular formula is C39H34N4O5S. The molecule has 0 aromatic heterocycles. The average Bonchev–Trinajstić information content (AvgIpc) is 3.11. The summed E-state index contributed by atoms with van der Waals surface area (Å²) in [6.45, 7) is 0. The van der Waals surface area contributed by atoms with Crippen LogP contribution in [0.5, 0.6) is 0 Å². The highest BCUT2D eigenvalue weighted by Crippen LogP contribution is 2.37. The molecule has 0 spiro atoms. The Morgan fingerprint density at radius 1 is 0.694 bits per heavy atom. The molecule has 0 radical (unpaired) electrons. The van der Waals surface area contributed by atoms with Gasteiger partial charge in [-0.3, -0.25) is 14.4 Å². The molecule has 3 amide bonds. The summed E-state index contributed by atoms with van der Waals surface area (Å²) in [7, 11) is 3.87. The van der Waals surface area contributed by atoms with E-state index in [2.05, 4.69) is 16.0 Å². The Bertz CT molecular complexity index is 1980. The van der Waals surface area contributed by atoms with E-state index in [1.807, 2.05) is 79.7 Å². The zero-order chi connectivity index (χ0) is 34.8. The number of rotatable bonds is 12. The topological polar surface area (TPSA) is 128 Å². The van der Waals surface area contributed by atoms with E-state index in [1.54, 1.807) is 66.7 Å². The first-order valence-corrected chi connectivity index (χ1v) is 16.2. The first-order chi connectivity index (χ1) is 23.7. The van der Waals surface area contributed by atoms with Crippen LogP contribution in [0, 0.1) is 0 Å². The van der Waals surface area contributed by atoms with Crippen molar-refractivity contribution >= 4 is 58.6 Å². The summed E-state index contributed by atoms with van der Waals surface area (Å²) in [4.78, 5) is 54.5. The fourth-order valence-electron chi connectivity index (χ4n) is 4.80. The van der Waals surface area contributed by atoms with Crippen LogP contribution in [0.25, 0.3) is 6.08 Å². The summed E-state index contributed by atoms with van der Waals surface area (Å²) in [5.74, 6) is -2.40. The lowest BCUT2D eigenvalue weighted by Gasteiger charge is -2.18. The summed E-state index contributed by atoms with van der Waals surface area (Å²) in [5, 5.41) is 17.2. The lowest BCUT2D eigenvalue weighted by atomic mass is 10.1. The molecule has 0 saturated carbocycles. The Labute approximate surface area is 288 Å². The van der Waals surface area contributed by atoms with E-state index in [0.717, 1.165) is 16.8 Å². The first kappa shape index (κ1) is 34.2. The Kier molecular flexibility index (Phi) is 11.3. The molecule has 0 aliphatic rings. The third-order valence-electron chi connectivity index (χ3n) is 7.31. The van der Waals surface area contributed by atoms with Gasteiger partial charge in [-0.05, 0) is 77.9 Å². The highest BCUT2D eigenvalue weighted by molar-refractivity contribution is 8.00. The molecule has 4 N–H and O–H groups in total.